The van der Waals surface area contributed by atoms with E-state index in [1.54, 1.807) is 0 Å². The Morgan fingerprint density at radius 3 is 2.74 bits per heavy atom. The molecule has 1 N–H and O–H groups in total. The molecular weight excluding hydrogens is 288 g/mol. The van der Waals surface area contributed by atoms with E-state index in [-0.39, 0.29) is 0 Å². The van der Waals surface area contributed by atoms with Gasteiger partial charge in [0.15, 0.2) is 0 Å². The highest BCUT2D eigenvalue weighted by molar-refractivity contribution is 5.28. The van der Waals surface area contributed by atoms with Gasteiger partial charge < -0.3 is 14.8 Å². The number of nitrogens with zero attached hydrogens (tertiary/aromatic N) is 1. The lowest BCUT2D eigenvalue weighted by Crippen LogP contribution is -2.45. The standard InChI is InChI=1S/C19H32N2O2/c1-4-22-19-9-7-8-18(12-19)13-20-10-5-6-11-21-14-16(2)23-17(3)15-21/h7-9,12,16-17,20H,4-6,10-11,13-15H2,1-3H3. The van der Waals surface area contributed by atoms with E-state index in [4.69, 9.17) is 9.47 Å². The van der Waals surface area contributed by atoms with Gasteiger partial charge in [0, 0.05) is 19.6 Å². The van der Waals surface area contributed by atoms with Crippen LogP contribution in [-0.4, -0.2) is 49.9 Å². The van der Waals surface area contributed by atoms with E-state index < -0.39 is 0 Å². The Morgan fingerprint density at radius 1 is 1.22 bits per heavy atom. The zero-order chi connectivity index (χ0) is 16.5. The maximum atomic E-state index is 5.77. The smallest absolute Gasteiger partial charge is 0.119 e. The number of unbranched alkanes of at least 4 members (excludes halogenated alkanes) is 1. The van der Waals surface area contributed by atoms with E-state index in [1.807, 2.05) is 13.0 Å². The van der Waals surface area contributed by atoms with E-state index in [0.29, 0.717) is 12.2 Å². The van der Waals surface area contributed by atoms with Crippen molar-refractivity contribution < 1.29 is 9.47 Å². The Kier molecular flexibility index (Phi) is 7.86. The highest BCUT2D eigenvalue weighted by atomic mass is 16.5. The number of hydrogen-bond acceptors (Lipinski definition) is 4. The van der Waals surface area contributed by atoms with Gasteiger partial charge in [0.2, 0.25) is 0 Å². The molecule has 0 amide bonds. The third kappa shape index (κ3) is 6.90. The topological polar surface area (TPSA) is 33.7 Å². The molecular formula is C19H32N2O2. The van der Waals surface area contributed by atoms with Crippen molar-refractivity contribution in [3.05, 3.63) is 29.8 Å². The second kappa shape index (κ2) is 9.91. The van der Waals surface area contributed by atoms with Crippen LogP contribution in [0.1, 0.15) is 39.2 Å². The second-order valence-electron chi connectivity index (χ2n) is 6.48. The van der Waals surface area contributed by atoms with Crippen molar-refractivity contribution in [2.45, 2.75) is 52.4 Å². The molecule has 4 heteroatoms. The molecule has 1 aromatic rings. The SMILES string of the molecule is CCOc1cccc(CNCCCCN2CC(C)OC(C)C2)c1. The minimum atomic E-state index is 0.370. The van der Waals surface area contributed by atoms with Gasteiger partial charge in [-0.25, -0.2) is 0 Å². The van der Waals surface area contributed by atoms with Gasteiger partial charge >= 0.3 is 0 Å². The van der Waals surface area contributed by atoms with Crippen LogP contribution in [0.4, 0.5) is 0 Å². The average molecular weight is 320 g/mol. The lowest BCUT2D eigenvalue weighted by atomic mass is 10.2. The molecule has 1 aliphatic heterocycles. The summed E-state index contributed by atoms with van der Waals surface area (Å²) in [7, 11) is 0. The van der Waals surface area contributed by atoms with E-state index in [2.05, 4.69) is 42.3 Å². The maximum absolute atomic E-state index is 5.77. The molecule has 0 aromatic heterocycles. The monoisotopic (exact) mass is 320 g/mol. The first-order chi connectivity index (χ1) is 11.2. The first kappa shape index (κ1) is 18.2. The summed E-state index contributed by atoms with van der Waals surface area (Å²) in [5.41, 5.74) is 1.28. The van der Waals surface area contributed by atoms with E-state index in [0.717, 1.165) is 38.5 Å². The zero-order valence-electron chi connectivity index (χ0n) is 14.9. The zero-order valence-corrected chi connectivity index (χ0v) is 14.9. The third-order valence-electron chi connectivity index (χ3n) is 4.11. The molecule has 0 saturated carbocycles. The number of morpholine rings is 1. The molecule has 4 nitrogen and oxygen atoms in total. The van der Waals surface area contributed by atoms with Crippen LogP contribution in [0.25, 0.3) is 0 Å². The van der Waals surface area contributed by atoms with E-state index in [9.17, 15) is 0 Å². The Bertz CT molecular complexity index is 443. The second-order valence-corrected chi connectivity index (χ2v) is 6.48. The molecule has 2 rings (SSSR count). The molecule has 0 radical (unpaired) electrons. The molecule has 0 aliphatic carbocycles. The minimum absolute atomic E-state index is 0.370. The Hall–Kier alpha value is -1.10. The summed E-state index contributed by atoms with van der Waals surface area (Å²) in [6, 6.07) is 8.33. The minimum Gasteiger partial charge on any atom is -0.494 e. The van der Waals surface area contributed by atoms with Crippen LogP contribution >= 0.6 is 0 Å². The summed E-state index contributed by atoms with van der Waals surface area (Å²) in [4.78, 5) is 2.53. The summed E-state index contributed by atoms with van der Waals surface area (Å²) in [5, 5.41) is 3.53. The molecule has 0 bridgehead atoms. The van der Waals surface area contributed by atoms with Gasteiger partial charge in [-0.05, 0) is 64.4 Å². The molecule has 2 atom stereocenters. The molecule has 1 fully saturated rings. The van der Waals surface area contributed by atoms with Gasteiger partial charge in [-0.15, -0.1) is 0 Å². The normalized spacial score (nSPS) is 22.2. The first-order valence-corrected chi connectivity index (χ1v) is 8.97. The van der Waals surface area contributed by atoms with Crippen molar-refractivity contribution >= 4 is 0 Å². The molecule has 1 heterocycles. The summed E-state index contributed by atoms with van der Waals surface area (Å²) >= 11 is 0. The quantitative estimate of drug-likeness (QED) is 0.709. The van der Waals surface area contributed by atoms with Crippen LogP contribution in [-0.2, 0) is 11.3 Å². The Morgan fingerprint density at radius 2 is 2.00 bits per heavy atom. The lowest BCUT2D eigenvalue weighted by Gasteiger charge is -2.35. The Labute approximate surface area is 141 Å². The predicted octanol–water partition coefficient (Wildman–Crippen LogP) is 3.06. The van der Waals surface area contributed by atoms with Gasteiger partial charge in [-0.1, -0.05) is 12.1 Å². The maximum Gasteiger partial charge on any atom is 0.119 e. The molecule has 1 aromatic carbocycles. The summed E-state index contributed by atoms with van der Waals surface area (Å²) in [5.74, 6) is 0.961. The van der Waals surface area contributed by atoms with E-state index >= 15 is 0 Å². The number of ether oxygens (including phenoxy) is 2. The highest BCUT2D eigenvalue weighted by Crippen LogP contribution is 2.13. The largest absolute Gasteiger partial charge is 0.494 e. The van der Waals surface area contributed by atoms with Crippen molar-refractivity contribution in [2.24, 2.45) is 0 Å². The molecule has 0 spiro atoms. The van der Waals surface area contributed by atoms with Crippen molar-refractivity contribution in [1.82, 2.24) is 10.2 Å². The van der Waals surface area contributed by atoms with E-state index in [1.165, 1.54) is 24.9 Å². The molecule has 23 heavy (non-hydrogen) atoms. The van der Waals surface area contributed by atoms with Crippen LogP contribution in [0.15, 0.2) is 24.3 Å². The van der Waals surface area contributed by atoms with Crippen LogP contribution < -0.4 is 10.1 Å². The molecule has 1 saturated heterocycles. The number of benzene rings is 1. The summed E-state index contributed by atoms with van der Waals surface area (Å²) in [6.07, 6.45) is 3.19. The summed E-state index contributed by atoms with van der Waals surface area (Å²) < 4.78 is 11.3. The Balaban J connectivity index is 1.56. The third-order valence-corrected chi connectivity index (χ3v) is 4.11. The van der Waals surface area contributed by atoms with Gasteiger partial charge in [-0.2, -0.15) is 0 Å². The average Bonchev–Trinajstić information content (AvgIpc) is 2.50. The molecule has 1 aliphatic rings. The van der Waals surface area contributed by atoms with Gasteiger partial charge in [0.1, 0.15) is 5.75 Å². The van der Waals surface area contributed by atoms with Crippen molar-refractivity contribution in [2.75, 3.05) is 32.8 Å². The summed E-state index contributed by atoms with van der Waals surface area (Å²) in [6.45, 7) is 12.4. The van der Waals surface area contributed by atoms with Crippen molar-refractivity contribution in [3.63, 3.8) is 0 Å². The predicted molar refractivity (Wildman–Crippen MR) is 95.0 cm³/mol. The van der Waals surface area contributed by atoms with Crippen LogP contribution in [0.3, 0.4) is 0 Å². The fourth-order valence-electron chi connectivity index (χ4n) is 3.20. The van der Waals surface area contributed by atoms with Crippen molar-refractivity contribution in [3.8, 4) is 5.75 Å². The van der Waals surface area contributed by atoms with Crippen LogP contribution in [0.5, 0.6) is 5.75 Å². The van der Waals surface area contributed by atoms with Crippen LogP contribution in [0, 0.1) is 0 Å². The molecule has 2 unspecified atom stereocenters. The van der Waals surface area contributed by atoms with Crippen LogP contribution in [0.2, 0.25) is 0 Å². The molecule has 130 valence electrons. The van der Waals surface area contributed by atoms with Gasteiger partial charge in [0.05, 0.1) is 18.8 Å². The fraction of sp³-hybridized carbons (Fsp3) is 0.684. The number of nitrogens with one attached hydrogen (secondary N) is 1. The van der Waals surface area contributed by atoms with Gasteiger partial charge in [-0.3, -0.25) is 4.90 Å². The number of rotatable bonds is 9. The van der Waals surface area contributed by atoms with Gasteiger partial charge in [0.25, 0.3) is 0 Å². The number of hydrogen-bond donors (Lipinski definition) is 1. The first-order valence-electron chi connectivity index (χ1n) is 8.97. The van der Waals surface area contributed by atoms with Crippen molar-refractivity contribution in [1.29, 1.82) is 0 Å². The highest BCUT2D eigenvalue weighted by Gasteiger charge is 2.21. The fourth-order valence-corrected chi connectivity index (χ4v) is 3.20. The lowest BCUT2D eigenvalue weighted by molar-refractivity contribution is -0.0681.